The number of carbonyl (C=O) groups excluding carboxylic acids is 3. The standard InChI is InChI=1S/C35H30N4O4/c1-43-24-17-15-22(16-18-24)19-20-36-33(40)26-12-6-8-14-29(26)39-34(41)30-21-27-25-11-5-7-13-28(25)37-31(27)32(38(30)35(39)42)23-9-3-2-4-10-23/h2-18,30,32,37H,19-21H2,1H3,(H,36,40)/t30-,32-/m0/s1. The van der Waals surface area contributed by atoms with Crippen LogP contribution >= 0.6 is 0 Å². The monoisotopic (exact) mass is 570 g/mol. The predicted octanol–water partition coefficient (Wildman–Crippen LogP) is 5.63. The van der Waals surface area contributed by atoms with Crippen LogP contribution in [0.3, 0.4) is 0 Å². The topological polar surface area (TPSA) is 94.7 Å². The molecule has 2 N–H and O–H groups in total. The summed E-state index contributed by atoms with van der Waals surface area (Å²) in [5, 5.41) is 4.01. The lowest BCUT2D eigenvalue weighted by atomic mass is 9.89. The van der Waals surface area contributed by atoms with E-state index < -0.39 is 18.1 Å². The van der Waals surface area contributed by atoms with Crippen LogP contribution < -0.4 is 15.0 Å². The fourth-order valence-electron chi connectivity index (χ4n) is 6.35. The highest BCUT2D eigenvalue weighted by molar-refractivity contribution is 6.24. The third-order valence-electron chi connectivity index (χ3n) is 8.41. The number of rotatable bonds is 7. The zero-order valence-electron chi connectivity index (χ0n) is 23.6. The molecule has 7 rings (SSSR count). The number of aromatic nitrogens is 1. The number of anilines is 1. The Balaban J connectivity index is 1.20. The largest absolute Gasteiger partial charge is 0.497 e. The molecule has 2 aliphatic rings. The molecule has 5 aromatic rings. The van der Waals surface area contributed by atoms with Crippen LogP contribution in [0.15, 0.2) is 103 Å². The number of para-hydroxylation sites is 2. The van der Waals surface area contributed by atoms with Crippen molar-refractivity contribution in [3.63, 3.8) is 0 Å². The van der Waals surface area contributed by atoms with E-state index in [-0.39, 0.29) is 23.1 Å². The summed E-state index contributed by atoms with van der Waals surface area (Å²) in [4.78, 5) is 48.2. The van der Waals surface area contributed by atoms with E-state index in [9.17, 15) is 14.4 Å². The number of urea groups is 1. The molecule has 0 aliphatic carbocycles. The number of H-pyrrole nitrogens is 1. The molecule has 2 atom stereocenters. The normalized spacial score (nSPS) is 17.6. The van der Waals surface area contributed by atoms with Crippen molar-refractivity contribution in [1.82, 2.24) is 15.2 Å². The number of hydrogen-bond acceptors (Lipinski definition) is 4. The fourth-order valence-corrected chi connectivity index (χ4v) is 6.35. The first-order chi connectivity index (χ1) is 21.0. The number of aromatic amines is 1. The SMILES string of the molecule is COc1ccc(CCNC(=O)c2ccccc2N2C(=O)[C@@H]3Cc4c([nH]c5ccccc45)[C@H](c4ccccc4)N3C2=O)cc1. The van der Waals surface area contributed by atoms with E-state index in [2.05, 4.69) is 10.3 Å². The zero-order valence-corrected chi connectivity index (χ0v) is 23.6. The minimum atomic E-state index is -0.699. The lowest BCUT2D eigenvalue weighted by Crippen LogP contribution is -2.44. The molecule has 4 amide bonds. The molecule has 3 heterocycles. The van der Waals surface area contributed by atoms with Gasteiger partial charge in [0.25, 0.3) is 11.8 Å². The van der Waals surface area contributed by atoms with Gasteiger partial charge in [-0.3, -0.25) is 14.5 Å². The molecule has 8 nitrogen and oxygen atoms in total. The van der Waals surface area contributed by atoms with Crippen LogP contribution in [0.5, 0.6) is 5.75 Å². The number of fused-ring (bicyclic) bond motifs is 4. The number of carbonyl (C=O) groups is 3. The average molecular weight is 571 g/mol. The Bertz CT molecular complexity index is 1850. The molecule has 1 fully saturated rings. The minimum Gasteiger partial charge on any atom is -0.497 e. The number of benzene rings is 4. The Morgan fingerprint density at radius 2 is 1.63 bits per heavy atom. The van der Waals surface area contributed by atoms with E-state index in [0.717, 1.165) is 39.0 Å². The van der Waals surface area contributed by atoms with Crippen LogP contribution in [0.2, 0.25) is 0 Å². The van der Waals surface area contributed by atoms with Crippen molar-refractivity contribution in [3.05, 3.63) is 131 Å². The third-order valence-corrected chi connectivity index (χ3v) is 8.41. The van der Waals surface area contributed by atoms with Crippen molar-refractivity contribution in [3.8, 4) is 5.75 Å². The number of amides is 4. The molecule has 43 heavy (non-hydrogen) atoms. The van der Waals surface area contributed by atoms with Gasteiger partial charge in [-0.1, -0.05) is 72.8 Å². The highest BCUT2D eigenvalue weighted by Crippen LogP contribution is 2.45. The first-order valence-corrected chi connectivity index (χ1v) is 14.4. The molecule has 2 aliphatic heterocycles. The van der Waals surface area contributed by atoms with Gasteiger partial charge >= 0.3 is 6.03 Å². The number of imide groups is 1. The van der Waals surface area contributed by atoms with Gasteiger partial charge in [0, 0.05) is 29.6 Å². The number of nitrogens with one attached hydrogen (secondary N) is 2. The van der Waals surface area contributed by atoms with Gasteiger partial charge in [0.1, 0.15) is 17.8 Å². The first kappa shape index (κ1) is 26.5. The summed E-state index contributed by atoms with van der Waals surface area (Å²) < 4.78 is 5.21. The Morgan fingerprint density at radius 3 is 2.42 bits per heavy atom. The zero-order chi connectivity index (χ0) is 29.5. The van der Waals surface area contributed by atoms with Gasteiger partial charge < -0.3 is 15.0 Å². The van der Waals surface area contributed by atoms with Crippen molar-refractivity contribution in [1.29, 1.82) is 0 Å². The summed E-state index contributed by atoms with van der Waals surface area (Å²) in [6.45, 7) is 0.397. The fraction of sp³-hybridized carbons (Fsp3) is 0.171. The number of ether oxygens (including phenoxy) is 1. The smallest absolute Gasteiger partial charge is 0.332 e. The molecule has 4 aromatic carbocycles. The van der Waals surface area contributed by atoms with Gasteiger partial charge in [0.15, 0.2) is 0 Å². The van der Waals surface area contributed by atoms with Crippen molar-refractivity contribution >= 4 is 34.4 Å². The van der Waals surface area contributed by atoms with Gasteiger partial charge in [0.05, 0.1) is 18.4 Å². The molecule has 0 saturated carbocycles. The van der Waals surface area contributed by atoms with Crippen molar-refractivity contribution in [2.75, 3.05) is 18.6 Å². The minimum absolute atomic E-state index is 0.277. The molecular formula is C35H30N4O4. The van der Waals surface area contributed by atoms with Gasteiger partial charge in [-0.05, 0) is 53.4 Å². The molecule has 0 bridgehead atoms. The highest BCUT2D eigenvalue weighted by atomic mass is 16.5. The van der Waals surface area contributed by atoms with Crippen molar-refractivity contribution in [2.24, 2.45) is 0 Å². The molecule has 8 heteroatoms. The van der Waals surface area contributed by atoms with Crippen LogP contribution in [-0.2, 0) is 17.6 Å². The molecule has 0 unspecified atom stereocenters. The van der Waals surface area contributed by atoms with Crippen molar-refractivity contribution in [2.45, 2.75) is 24.9 Å². The average Bonchev–Trinajstić information content (AvgIpc) is 3.54. The number of methoxy groups -OCH3 is 1. The van der Waals surface area contributed by atoms with E-state index in [1.54, 1.807) is 36.3 Å². The maximum atomic E-state index is 14.3. The number of nitrogens with zero attached hydrogens (tertiary/aromatic N) is 2. The number of hydrogen-bond donors (Lipinski definition) is 2. The predicted molar refractivity (Wildman–Crippen MR) is 164 cm³/mol. The quantitative estimate of drug-likeness (QED) is 0.248. The molecule has 0 spiro atoms. The van der Waals surface area contributed by atoms with Gasteiger partial charge in [-0.15, -0.1) is 0 Å². The van der Waals surface area contributed by atoms with Gasteiger partial charge in [-0.25, -0.2) is 9.69 Å². The van der Waals surface area contributed by atoms with E-state index in [0.29, 0.717) is 19.4 Å². The van der Waals surface area contributed by atoms with E-state index in [4.69, 9.17) is 4.74 Å². The summed E-state index contributed by atoms with van der Waals surface area (Å²) in [5.41, 5.74) is 5.46. The van der Waals surface area contributed by atoms with Crippen LogP contribution in [0.1, 0.15) is 38.8 Å². The van der Waals surface area contributed by atoms with Crippen LogP contribution in [0, 0.1) is 0 Å². The second-order valence-corrected chi connectivity index (χ2v) is 10.8. The molecule has 0 radical (unpaired) electrons. The van der Waals surface area contributed by atoms with E-state index >= 15 is 0 Å². The first-order valence-electron chi connectivity index (χ1n) is 14.4. The third kappa shape index (κ3) is 4.52. The Kier molecular flexibility index (Phi) is 6.66. The molecule has 1 aromatic heterocycles. The second-order valence-electron chi connectivity index (χ2n) is 10.8. The highest BCUT2D eigenvalue weighted by Gasteiger charge is 2.53. The van der Waals surface area contributed by atoms with Crippen LogP contribution in [-0.4, -0.2) is 47.4 Å². The maximum Gasteiger partial charge on any atom is 0.332 e. The lowest BCUT2D eigenvalue weighted by Gasteiger charge is -2.36. The van der Waals surface area contributed by atoms with Gasteiger partial charge in [0.2, 0.25) is 0 Å². The summed E-state index contributed by atoms with van der Waals surface area (Å²) in [5.74, 6) is 0.0960. The summed E-state index contributed by atoms with van der Waals surface area (Å²) in [7, 11) is 1.62. The van der Waals surface area contributed by atoms with E-state index in [1.807, 2.05) is 78.9 Å². The Labute approximate surface area is 248 Å². The Morgan fingerprint density at radius 1 is 0.907 bits per heavy atom. The Hall–Kier alpha value is -5.37. The summed E-state index contributed by atoms with van der Waals surface area (Å²) in [6, 6.07) is 30.7. The van der Waals surface area contributed by atoms with E-state index in [1.165, 1.54) is 4.90 Å². The molecule has 1 saturated heterocycles. The molecular weight excluding hydrogens is 540 g/mol. The van der Waals surface area contributed by atoms with Crippen molar-refractivity contribution < 1.29 is 19.1 Å². The molecule has 214 valence electrons. The van der Waals surface area contributed by atoms with Crippen LogP contribution in [0.4, 0.5) is 10.5 Å². The van der Waals surface area contributed by atoms with Gasteiger partial charge in [-0.2, -0.15) is 0 Å². The summed E-state index contributed by atoms with van der Waals surface area (Å²) in [6.07, 6.45) is 1.01. The van der Waals surface area contributed by atoms with Crippen LogP contribution in [0.25, 0.3) is 10.9 Å². The lowest BCUT2D eigenvalue weighted by molar-refractivity contribution is -0.120. The maximum absolute atomic E-state index is 14.3. The second kappa shape index (κ2) is 10.8. The summed E-state index contributed by atoms with van der Waals surface area (Å²) >= 11 is 0.